The zero-order valence-corrected chi connectivity index (χ0v) is 25.1. The highest BCUT2D eigenvalue weighted by Crippen LogP contribution is 2.39. The Morgan fingerprint density at radius 2 is 1.67 bits per heavy atom. The number of carbonyl (C=O) groups excluding carboxylic acids is 2. The summed E-state index contributed by atoms with van der Waals surface area (Å²) < 4.78 is 11.5. The Balaban J connectivity index is 1.31. The van der Waals surface area contributed by atoms with Gasteiger partial charge in [0, 0.05) is 37.0 Å². The van der Waals surface area contributed by atoms with E-state index in [0.29, 0.717) is 33.2 Å². The van der Waals surface area contributed by atoms with Gasteiger partial charge in [0.1, 0.15) is 17.2 Å². The highest BCUT2D eigenvalue weighted by molar-refractivity contribution is 9.10. The number of ether oxygens (including phenoxy) is 2. The first-order valence-electron chi connectivity index (χ1n) is 13.2. The predicted molar refractivity (Wildman–Crippen MR) is 173 cm³/mol. The average Bonchev–Trinajstić information content (AvgIpc) is 3.42. The van der Waals surface area contributed by atoms with Crippen molar-refractivity contribution in [1.82, 2.24) is 10.4 Å². The summed E-state index contributed by atoms with van der Waals surface area (Å²) in [5.74, 6) is -0.1000. The number of hydrogen-bond acceptors (Lipinski definition) is 5. The summed E-state index contributed by atoms with van der Waals surface area (Å²) in [4.78, 5) is 29.7. The van der Waals surface area contributed by atoms with E-state index < -0.39 is 11.9 Å². The monoisotopic (exact) mass is 651 g/mol. The molecule has 2 N–H and O–H groups in total. The molecule has 0 aliphatic carbocycles. The van der Waals surface area contributed by atoms with Crippen molar-refractivity contribution < 1.29 is 19.1 Å². The molecule has 0 saturated heterocycles. The number of esters is 1. The van der Waals surface area contributed by atoms with Crippen LogP contribution in [0.5, 0.6) is 11.5 Å². The van der Waals surface area contributed by atoms with Crippen molar-refractivity contribution in [2.75, 3.05) is 7.11 Å². The Hall–Kier alpha value is -4.92. The molecule has 212 valence electrons. The van der Waals surface area contributed by atoms with Crippen LogP contribution in [0.15, 0.2) is 113 Å². The highest BCUT2D eigenvalue weighted by atomic mass is 79.9. The minimum Gasteiger partial charge on any atom is -0.497 e. The predicted octanol–water partition coefficient (Wildman–Crippen LogP) is 8.40. The van der Waals surface area contributed by atoms with Crippen molar-refractivity contribution in [3.63, 3.8) is 0 Å². The molecule has 0 aliphatic rings. The van der Waals surface area contributed by atoms with Gasteiger partial charge in [-0.05, 0) is 53.9 Å². The summed E-state index contributed by atoms with van der Waals surface area (Å²) in [5, 5.41) is 7.61. The van der Waals surface area contributed by atoms with Crippen LogP contribution in [0, 0.1) is 0 Å². The summed E-state index contributed by atoms with van der Waals surface area (Å²) in [6, 6.07) is 31.1. The lowest BCUT2D eigenvalue weighted by atomic mass is 9.99. The first-order chi connectivity index (χ1) is 20.9. The van der Waals surface area contributed by atoms with Crippen molar-refractivity contribution in [2.24, 2.45) is 5.10 Å². The van der Waals surface area contributed by atoms with E-state index in [1.54, 1.807) is 55.6 Å². The van der Waals surface area contributed by atoms with E-state index in [1.807, 2.05) is 54.6 Å². The van der Waals surface area contributed by atoms with Crippen LogP contribution >= 0.6 is 27.5 Å². The number of H-pyrrole nitrogens is 1. The lowest BCUT2D eigenvalue weighted by Crippen LogP contribution is -2.19. The van der Waals surface area contributed by atoms with Gasteiger partial charge >= 0.3 is 5.97 Å². The molecular formula is C34H23BrClN3O4. The SMILES string of the molecule is COc1ccc(C(=O)Oc2ccc(Br)cc2C=NNC(=O)c2[nH]c3c(ccc4ccccc43)c2-c2ccccc2Cl)cc1. The summed E-state index contributed by atoms with van der Waals surface area (Å²) in [7, 11) is 1.55. The van der Waals surface area contributed by atoms with E-state index in [9.17, 15) is 9.59 Å². The van der Waals surface area contributed by atoms with Gasteiger partial charge in [-0.2, -0.15) is 5.10 Å². The number of benzene rings is 5. The van der Waals surface area contributed by atoms with Gasteiger partial charge in [-0.1, -0.05) is 82.1 Å². The first kappa shape index (κ1) is 28.2. The molecule has 0 aliphatic heterocycles. The maximum Gasteiger partial charge on any atom is 0.343 e. The maximum atomic E-state index is 13.6. The molecule has 6 aromatic rings. The number of halogens is 2. The summed E-state index contributed by atoms with van der Waals surface area (Å²) in [6.45, 7) is 0. The van der Waals surface area contributed by atoms with Crippen LogP contribution in [0.4, 0.5) is 0 Å². The fraction of sp³-hybridized carbons (Fsp3) is 0.0294. The molecule has 1 aromatic heterocycles. The second-order valence-electron chi connectivity index (χ2n) is 9.56. The third kappa shape index (κ3) is 5.75. The molecule has 0 spiro atoms. The number of fused-ring (bicyclic) bond motifs is 3. The molecule has 0 saturated carbocycles. The fourth-order valence-corrected chi connectivity index (χ4v) is 5.48. The minimum absolute atomic E-state index is 0.274. The Labute approximate surface area is 260 Å². The van der Waals surface area contributed by atoms with Gasteiger partial charge in [0.2, 0.25) is 0 Å². The molecule has 1 heterocycles. The van der Waals surface area contributed by atoms with Gasteiger partial charge in [-0.15, -0.1) is 0 Å². The largest absolute Gasteiger partial charge is 0.497 e. The van der Waals surface area contributed by atoms with Crippen LogP contribution < -0.4 is 14.9 Å². The molecule has 0 radical (unpaired) electrons. The molecule has 0 bridgehead atoms. The lowest BCUT2D eigenvalue weighted by molar-refractivity contribution is 0.0734. The molecular weight excluding hydrogens is 630 g/mol. The van der Waals surface area contributed by atoms with Gasteiger partial charge < -0.3 is 14.5 Å². The Morgan fingerprint density at radius 1 is 0.907 bits per heavy atom. The topological polar surface area (TPSA) is 92.8 Å². The van der Waals surface area contributed by atoms with E-state index in [-0.39, 0.29) is 5.75 Å². The Bertz CT molecular complexity index is 2040. The van der Waals surface area contributed by atoms with Crippen LogP contribution in [0.2, 0.25) is 5.02 Å². The zero-order chi connectivity index (χ0) is 29.9. The van der Waals surface area contributed by atoms with Crippen molar-refractivity contribution in [2.45, 2.75) is 0 Å². The molecule has 43 heavy (non-hydrogen) atoms. The van der Waals surface area contributed by atoms with Gasteiger partial charge in [0.25, 0.3) is 5.91 Å². The highest BCUT2D eigenvalue weighted by Gasteiger charge is 2.22. The molecule has 1 amide bonds. The lowest BCUT2D eigenvalue weighted by Gasteiger charge is -2.09. The van der Waals surface area contributed by atoms with Gasteiger partial charge in [-0.3, -0.25) is 4.79 Å². The average molecular weight is 653 g/mol. The number of methoxy groups -OCH3 is 1. The molecule has 7 nitrogen and oxygen atoms in total. The summed E-state index contributed by atoms with van der Waals surface area (Å²) in [6.07, 6.45) is 1.42. The molecule has 9 heteroatoms. The number of carbonyl (C=O) groups is 2. The first-order valence-corrected chi connectivity index (χ1v) is 14.4. The second-order valence-corrected chi connectivity index (χ2v) is 10.9. The van der Waals surface area contributed by atoms with E-state index in [4.69, 9.17) is 21.1 Å². The number of nitrogens with zero attached hydrogens (tertiary/aromatic N) is 1. The van der Waals surface area contributed by atoms with Crippen molar-refractivity contribution in [1.29, 1.82) is 0 Å². The standard InChI is InChI=1S/C34H23BrClN3O4/c1-42-24-14-10-21(11-15-24)34(41)43-29-17-13-23(35)18-22(29)19-37-39-33(40)32-30(26-8-4-5-9-28(26)36)27-16-12-20-6-2-3-7-25(20)31(27)38-32/h2-19,38H,1H3,(H,39,40). The van der Waals surface area contributed by atoms with Gasteiger partial charge in [-0.25, -0.2) is 10.2 Å². The van der Waals surface area contributed by atoms with E-state index in [1.165, 1.54) is 6.21 Å². The molecule has 0 atom stereocenters. The Morgan fingerprint density at radius 3 is 2.47 bits per heavy atom. The van der Waals surface area contributed by atoms with Crippen LogP contribution in [0.1, 0.15) is 26.4 Å². The zero-order valence-electron chi connectivity index (χ0n) is 22.7. The quantitative estimate of drug-likeness (QED) is 0.0784. The number of hydrogen-bond donors (Lipinski definition) is 2. The third-order valence-corrected chi connectivity index (χ3v) is 7.76. The van der Waals surface area contributed by atoms with Crippen molar-refractivity contribution in [3.8, 4) is 22.6 Å². The number of aromatic nitrogens is 1. The normalized spacial score (nSPS) is 11.2. The fourth-order valence-electron chi connectivity index (χ4n) is 4.87. The van der Waals surface area contributed by atoms with Crippen molar-refractivity contribution >= 4 is 67.3 Å². The van der Waals surface area contributed by atoms with E-state index >= 15 is 0 Å². The van der Waals surface area contributed by atoms with Gasteiger partial charge in [0.05, 0.1) is 24.4 Å². The third-order valence-electron chi connectivity index (χ3n) is 6.94. The Kier molecular flexibility index (Phi) is 7.96. The smallest absolute Gasteiger partial charge is 0.343 e. The number of hydrazone groups is 1. The number of aromatic amines is 1. The van der Waals surface area contributed by atoms with E-state index in [0.717, 1.165) is 31.7 Å². The van der Waals surface area contributed by atoms with Crippen LogP contribution in [0.25, 0.3) is 32.8 Å². The molecule has 0 unspecified atom stereocenters. The second kappa shape index (κ2) is 12.1. The molecule has 5 aromatic carbocycles. The van der Waals surface area contributed by atoms with Crippen LogP contribution in [0.3, 0.4) is 0 Å². The van der Waals surface area contributed by atoms with Crippen molar-refractivity contribution in [3.05, 3.63) is 129 Å². The molecule has 0 fully saturated rings. The minimum atomic E-state index is -0.543. The number of amides is 1. The number of rotatable bonds is 7. The molecule has 6 rings (SSSR count). The summed E-state index contributed by atoms with van der Waals surface area (Å²) >= 11 is 10.0. The number of nitrogens with one attached hydrogen (secondary N) is 2. The van der Waals surface area contributed by atoms with Gasteiger partial charge in [0.15, 0.2) is 0 Å². The van der Waals surface area contributed by atoms with Crippen LogP contribution in [-0.4, -0.2) is 30.2 Å². The summed E-state index contributed by atoms with van der Waals surface area (Å²) in [5.41, 5.74) is 5.99. The van der Waals surface area contributed by atoms with Crippen LogP contribution in [-0.2, 0) is 0 Å². The van der Waals surface area contributed by atoms with E-state index in [2.05, 4.69) is 31.4 Å². The maximum absolute atomic E-state index is 13.6.